The molecule has 0 unspecified atom stereocenters. The van der Waals surface area contributed by atoms with Crippen molar-refractivity contribution in [3.63, 3.8) is 0 Å². The Kier molecular flexibility index (Phi) is 7.74. The maximum atomic E-state index is 12.5. The highest BCUT2D eigenvalue weighted by atomic mass is 32.1. The summed E-state index contributed by atoms with van der Waals surface area (Å²) in [5.41, 5.74) is 0.592. The quantitative estimate of drug-likeness (QED) is 0.666. The van der Waals surface area contributed by atoms with Gasteiger partial charge in [0.15, 0.2) is 10.9 Å². The first-order chi connectivity index (χ1) is 13.3. The topological polar surface area (TPSA) is 105 Å². The Morgan fingerprint density at radius 3 is 2.57 bits per heavy atom. The number of carbonyl (C=O) groups excluding carboxylic acids is 3. The van der Waals surface area contributed by atoms with Crippen LogP contribution in [0, 0.1) is 5.92 Å². The van der Waals surface area contributed by atoms with Crippen molar-refractivity contribution in [2.24, 2.45) is 5.92 Å². The van der Waals surface area contributed by atoms with Crippen molar-refractivity contribution in [1.82, 2.24) is 15.2 Å². The van der Waals surface area contributed by atoms with Crippen LogP contribution in [0.15, 0.2) is 28.2 Å². The molecule has 0 atom stereocenters. The molecule has 28 heavy (non-hydrogen) atoms. The van der Waals surface area contributed by atoms with E-state index in [1.54, 1.807) is 17.5 Å². The van der Waals surface area contributed by atoms with E-state index in [1.165, 1.54) is 22.5 Å². The highest BCUT2D eigenvalue weighted by Gasteiger charge is 2.24. The lowest BCUT2D eigenvalue weighted by Gasteiger charge is -2.24. The number of anilines is 1. The van der Waals surface area contributed by atoms with Crippen molar-refractivity contribution in [2.45, 2.75) is 40.2 Å². The first kappa shape index (κ1) is 21.6. The summed E-state index contributed by atoms with van der Waals surface area (Å²) >= 11 is 1.24. The smallest absolute Gasteiger partial charge is 0.290 e. The summed E-state index contributed by atoms with van der Waals surface area (Å²) in [6.45, 7) is 8.18. The molecule has 0 aliphatic carbocycles. The summed E-state index contributed by atoms with van der Waals surface area (Å²) in [4.78, 5) is 42.4. The van der Waals surface area contributed by atoms with Gasteiger partial charge < -0.3 is 20.0 Å². The number of nitrogens with zero attached hydrogens (tertiary/aromatic N) is 2. The largest absolute Gasteiger partial charge is 0.459 e. The average Bonchev–Trinajstić information content (AvgIpc) is 3.29. The Balaban J connectivity index is 1.90. The normalized spacial score (nSPS) is 10.9. The predicted octanol–water partition coefficient (Wildman–Crippen LogP) is 2.54. The Labute approximate surface area is 168 Å². The van der Waals surface area contributed by atoms with Crippen molar-refractivity contribution >= 4 is 34.2 Å². The molecule has 2 aromatic heterocycles. The van der Waals surface area contributed by atoms with Gasteiger partial charge in [0.2, 0.25) is 11.8 Å². The fraction of sp³-hybridized carbons (Fsp3) is 0.474. The molecular formula is C19H26N4O4S. The summed E-state index contributed by atoms with van der Waals surface area (Å²) in [5, 5.41) is 7.64. The Morgan fingerprint density at radius 2 is 1.96 bits per heavy atom. The van der Waals surface area contributed by atoms with Crippen molar-refractivity contribution in [3.05, 3.63) is 35.2 Å². The molecule has 0 radical (unpaired) electrons. The molecule has 0 saturated heterocycles. The lowest BCUT2D eigenvalue weighted by molar-refractivity contribution is -0.120. The molecule has 3 amide bonds. The van der Waals surface area contributed by atoms with Gasteiger partial charge in [0.05, 0.1) is 18.4 Å². The maximum Gasteiger partial charge on any atom is 0.290 e. The second-order valence-electron chi connectivity index (χ2n) is 7.07. The average molecular weight is 407 g/mol. The first-order valence-electron chi connectivity index (χ1n) is 9.11. The first-order valence-corrected chi connectivity index (χ1v) is 9.99. The minimum absolute atomic E-state index is 0.105. The minimum Gasteiger partial charge on any atom is -0.459 e. The standard InChI is InChI=1S/C19H26N4O4S/c1-12(2)9-20-16(24)8-14-11-28-19(21-14)22-17(25)10-23(13(3)4)18(26)15-6-5-7-27-15/h5-7,11-13H,8-10H2,1-4H3,(H,20,24)(H,21,22,25). The third-order valence-electron chi connectivity index (χ3n) is 3.78. The number of hydrogen-bond donors (Lipinski definition) is 2. The zero-order chi connectivity index (χ0) is 20.7. The van der Waals surface area contributed by atoms with Crippen molar-refractivity contribution in [2.75, 3.05) is 18.4 Å². The minimum atomic E-state index is -0.362. The molecule has 0 bridgehead atoms. The zero-order valence-electron chi connectivity index (χ0n) is 16.5. The number of carbonyl (C=O) groups is 3. The number of furan rings is 1. The summed E-state index contributed by atoms with van der Waals surface area (Å²) < 4.78 is 5.13. The molecular weight excluding hydrogens is 380 g/mol. The van der Waals surface area contributed by atoms with Gasteiger partial charge in [0.1, 0.15) is 6.54 Å². The van der Waals surface area contributed by atoms with Crippen molar-refractivity contribution in [3.8, 4) is 0 Å². The van der Waals surface area contributed by atoms with Crippen LogP contribution in [0.3, 0.4) is 0 Å². The highest BCUT2D eigenvalue weighted by Crippen LogP contribution is 2.16. The number of thiazole rings is 1. The number of rotatable bonds is 9. The number of nitrogens with one attached hydrogen (secondary N) is 2. The van der Waals surface area contributed by atoms with Gasteiger partial charge >= 0.3 is 0 Å². The fourth-order valence-corrected chi connectivity index (χ4v) is 3.06. The number of aromatic nitrogens is 1. The van der Waals surface area contributed by atoms with Gasteiger partial charge in [-0.1, -0.05) is 13.8 Å². The van der Waals surface area contributed by atoms with Crippen LogP contribution >= 0.6 is 11.3 Å². The van der Waals surface area contributed by atoms with Gasteiger partial charge in [-0.2, -0.15) is 0 Å². The molecule has 0 spiro atoms. The molecule has 2 aromatic rings. The molecule has 0 aliphatic rings. The lowest BCUT2D eigenvalue weighted by atomic mass is 10.2. The van der Waals surface area contributed by atoms with Crippen LogP contribution in [0.4, 0.5) is 5.13 Å². The van der Waals surface area contributed by atoms with Gasteiger partial charge in [-0.15, -0.1) is 11.3 Å². The van der Waals surface area contributed by atoms with E-state index in [2.05, 4.69) is 15.6 Å². The molecule has 2 rings (SSSR count). The van der Waals surface area contributed by atoms with Crippen LogP contribution in [-0.4, -0.2) is 46.7 Å². The monoisotopic (exact) mass is 406 g/mol. The highest BCUT2D eigenvalue weighted by molar-refractivity contribution is 7.13. The predicted molar refractivity (Wildman–Crippen MR) is 107 cm³/mol. The summed E-state index contributed by atoms with van der Waals surface area (Å²) in [6, 6.07) is 3.01. The van der Waals surface area contributed by atoms with Gasteiger partial charge in [0.25, 0.3) is 5.91 Å². The van der Waals surface area contributed by atoms with Crippen LogP contribution in [0.25, 0.3) is 0 Å². The van der Waals surface area contributed by atoms with Crippen LogP contribution < -0.4 is 10.6 Å². The molecule has 0 aromatic carbocycles. The van der Waals surface area contributed by atoms with Gasteiger partial charge in [-0.05, 0) is 31.9 Å². The molecule has 2 N–H and O–H groups in total. The summed E-state index contributed by atoms with van der Waals surface area (Å²) in [5.74, 6) is -0.255. The van der Waals surface area contributed by atoms with Crippen molar-refractivity contribution < 1.29 is 18.8 Å². The SMILES string of the molecule is CC(C)CNC(=O)Cc1csc(NC(=O)CN(C(=O)c2ccco2)C(C)C)n1. The second-order valence-corrected chi connectivity index (χ2v) is 7.93. The van der Waals surface area contributed by atoms with E-state index >= 15 is 0 Å². The van der Waals surface area contributed by atoms with E-state index in [0.717, 1.165) is 0 Å². The van der Waals surface area contributed by atoms with E-state index in [4.69, 9.17) is 4.42 Å². The third-order valence-corrected chi connectivity index (χ3v) is 4.58. The molecule has 0 fully saturated rings. The summed E-state index contributed by atoms with van der Waals surface area (Å²) in [7, 11) is 0. The molecule has 8 nitrogen and oxygen atoms in total. The Bertz CT molecular complexity index is 799. The lowest BCUT2D eigenvalue weighted by Crippen LogP contribution is -2.42. The van der Waals surface area contributed by atoms with Crippen molar-refractivity contribution in [1.29, 1.82) is 0 Å². The number of amides is 3. The van der Waals surface area contributed by atoms with Crippen LogP contribution in [0.5, 0.6) is 0 Å². The second kappa shape index (κ2) is 10.0. The molecule has 0 aliphatic heterocycles. The Morgan fingerprint density at radius 1 is 1.21 bits per heavy atom. The number of hydrogen-bond acceptors (Lipinski definition) is 6. The van der Waals surface area contributed by atoms with E-state index in [-0.39, 0.29) is 42.5 Å². The van der Waals surface area contributed by atoms with E-state index in [0.29, 0.717) is 23.3 Å². The Hall–Kier alpha value is -2.68. The van der Waals surface area contributed by atoms with Gasteiger partial charge in [0, 0.05) is 18.0 Å². The summed E-state index contributed by atoms with van der Waals surface area (Å²) in [6.07, 6.45) is 1.58. The van der Waals surface area contributed by atoms with Crippen LogP contribution in [0.1, 0.15) is 43.9 Å². The van der Waals surface area contributed by atoms with Crippen LogP contribution in [0.2, 0.25) is 0 Å². The molecule has 0 saturated carbocycles. The maximum absolute atomic E-state index is 12.5. The fourth-order valence-electron chi connectivity index (χ4n) is 2.33. The third kappa shape index (κ3) is 6.49. The molecule has 152 valence electrons. The van der Waals surface area contributed by atoms with Gasteiger partial charge in [-0.25, -0.2) is 4.98 Å². The van der Waals surface area contributed by atoms with E-state index in [1.807, 2.05) is 27.7 Å². The van der Waals surface area contributed by atoms with Gasteiger partial charge in [-0.3, -0.25) is 14.4 Å². The van der Waals surface area contributed by atoms with E-state index in [9.17, 15) is 14.4 Å². The van der Waals surface area contributed by atoms with Crippen LogP contribution in [-0.2, 0) is 16.0 Å². The molecule has 9 heteroatoms. The molecule has 2 heterocycles. The van der Waals surface area contributed by atoms with E-state index < -0.39 is 0 Å². The zero-order valence-corrected chi connectivity index (χ0v) is 17.3.